The number of carbonyl (C=O) groups excluding carboxylic acids is 1. The van der Waals surface area contributed by atoms with Crippen LogP contribution in [0.4, 0.5) is 5.69 Å². The molecule has 29 heavy (non-hydrogen) atoms. The topological polar surface area (TPSA) is 88.5 Å². The molecule has 1 aliphatic heterocycles. The first-order valence-electron chi connectivity index (χ1n) is 9.29. The summed E-state index contributed by atoms with van der Waals surface area (Å²) in [5, 5.41) is 2.82. The first-order valence-corrected chi connectivity index (χ1v) is 11.5. The SMILES string of the molecule is Cc1ccc(S(=O)(=O)N2CCCC2)cc1C(=O)Nc1ccc2c(c1)sc(=O)n2C. The van der Waals surface area contributed by atoms with Crippen LogP contribution >= 0.6 is 11.3 Å². The van der Waals surface area contributed by atoms with Crippen LogP contribution in [0.15, 0.2) is 46.1 Å². The normalized spacial score (nSPS) is 15.1. The number of rotatable bonds is 4. The highest BCUT2D eigenvalue weighted by Gasteiger charge is 2.28. The molecule has 1 saturated heterocycles. The summed E-state index contributed by atoms with van der Waals surface area (Å²) in [5.74, 6) is -0.386. The number of benzene rings is 2. The van der Waals surface area contributed by atoms with Gasteiger partial charge in [-0.05, 0) is 55.7 Å². The largest absolute Gasteiger partial charge is 0.322 e. The first kappa shape index (κ1) is 19.8. The molecule has 1 fully saturated rings. The van der Waals surface area contributed by atoms with E-state index in [9.17, 15) is 18.0 Å². The summed E-state index contributed by atoms with van der Waals surface area (Å²) in [4.78, 5) is 24.7. The van der Waals surface area contributed by atoms with Crippen LogP contribution in [0.1, 0.15) is 28.8 Å². The third-order valence-corrected chi connectivity index (χ3v) is 8.10. The van der Waals surface area contributed by atoms with Gasteiger partial charge in [0, 0.05) is 31.4 Å². The van der Waals surface area contributed by atoms with E-state index in [0.29, 0.717) is 29.9 Å². The minimum atomic E-state index is -3.60. The van der Waals surface area contributed by atoms with Crippen LogP contribution in [0.25, 0.3) is 10.2 Å². The zero-order valence-electron chi connectivity index (χ0n) is 16.1. The summed E-state index contributed by atoms with van der Waals surface area (Å²) in [6.45, 7) is 2.79. The van der Waals surface area contributed by atoms with Crippen molar-refractivity contribution in [2.75, 3.05) is 18.4 Å². The Balaban J connectivity index is 1.64. The lowest BCUT2D eigenvalue weighted by Crippen LogP contribution is -2.28. The molecular formula is C20H21N3O4S2. The Hall–Kier alpha value is -2.49. The minimum Gasteiger partial charge on any atom is -0.322 e. The maximum Gasteiger partial charge on any atom is 0.307 e. The predicted molar refractivity (Wildman–Crippen MR) is 114 cm³/mol. The van der Waals surface area contributed by atoms with Gasteiger partial charge >= 0.3 is 4.87 Å². The number of thiazole rings is 1. The molecule has 152 valence electrons. The lowest BCUT2D eigenvalue weighted by molar-refractivity contribution is 0.102. The van der Waals surface area contributed by atoms with Gasteiger partial charge in [-0.1, -0.05) is 17.4 Å². The van der Waals surface area contributed by atoms with Gasteiger partial charge in [-0.3, -0.25) is 9.59 Å². The van der Waals surface area contributed by atoms with Crippen molar-refractivity contribution in [2.45, 2.75) is 24.7 Å². The molecule has 2 heterocycles. The van der Waals surface area contributed by atoms with Crippen molar-refractivity contribution < 1.29 is 13.2 Å². The lowest BCUT2D eigenvalue weighted by atomic mass is 10.1. The summed E-state index contributed by atoms with van der Waals surface area (Å²) < 4.78 is 29.4. The average molecular weight is 432 g/mol. The molecule has 1 N–H and O–H groups in total. The molecule has 0 saturated carbocycles. The molecule has 2 aromatic carbocycles. The van der Waals surface area contributed by atoms with Crippen molar-refractivity contribution in [3.05, 3.63) is 57.2 Å². The van der Waals surface area contributed by atoms with Gasteiger partial charge in [-0.25, -0.2) is 8.42 Å². The van der Waals surface area contributed by atoms with Crippen LogP contribution in [0.2, 0.25) is 0 Å². The number of aromatic nitrogens is 1. The molecule has 1 aromatic heterocycles. The fraction of sp³-hybridized carbons (Fsp3) is 0.300. The zero-order chi connectivity index (χ0) is 20.8. The van der Waals surface area contributed by atoms with Crippen LogP contribution in [0, 0.1) is 6.92 Å². The summed E-state index contributed by atoms with van der Waals surface area (Å²) in [6, 6.07) is 9.91. The van der Waals surface area contributed by atoms with E-state index in [1.807, 2.05) is 0 Å². The number of hydrogen-bond donors (Lipinski definition) is 1. The Morgan fingerprint density at radius 2 is 1.83 bits per heavy atom. The zero-order valence-corrected chi connectivity index (χ0v) is 17.8. The van der Waals surface area contributed by atoms with Crippen LogP contribution in [0.5, 0.6) is 0 Å². The van der Waals surface area contributed by atoms with E-state index in [0.717, 1.165) is 34.4 Å². The van der Waals surface area contributed by atoms with E-state index in [1.54, 1.807) is 48.9 Å². The summed E-state index contributed by atoms with van der Waals surface area (Å²) in [5.41, 5.74) is 2.35. The maximum absolute atomic E-state index is 12.9. The first-order chi connectivity index (χ1) is 13.8. The smallest absolute Gasteiger partial charge is 0.307 e. The van der Waals surface area contributed by atoms with Crippen molar-refractivity contribution in [1.82, 2.24) is 8.87 Å². The molecule has 9 heteroatoms. The summed E-state index contributed by atoms with van der Waals surface area (Å²) in [6.07, 6.45) is 1.71. The van der Waals surface area contributed by atoms with E-state index in [4.69, 9.17) is 0 Å². The third kappa shape index (κ3) is 3.61. The second-order valence-corrected chi connectivity index (χ2v) is 10.1. The number of fused-ring (bicyclic) bond motifs is 1. The minimum absolute atomic E-state index is 0.0702. The highest BCUT2D eigenvalue weighted by molar-refractivity contribution is 7.89. The third-order valence-electron chi connectivity index (χ3n) is 5.21. The fourth-order valence-corrected chi connectivity index (χ4v) is 5.96. The quantitative estimate of drug-likeness (QED) is 0.688. The molecule has 0 atom stereocenters. The van der Waals surface area contributed by atoms with Crippen molar-refractivity contribution >= 4 is 43.2 Å². The lowest BCUT2D eigenvalue weighted by Gasteiger charge is -2.17. The molecule has 4 rings (SSSR count). The van der Waals surface area contributed by atoms with Gasteiger partial charge in [-0.2, -0.15) is 4.31 Å². The molecule has 0 spiro atoms. The summed E-state index contributed by atoms with van der Waals surface area (Å²) in [7, 11) is -1.89. The van der Waals surface area contributed by atoms with Crippen LogP contribution in [0.3, 0.4) is 0 Å². The number of hydrogen-bond acceptors (Lipinski definition) is 5. The monoisotopic (exact) mass is 431 g/mol. The van der Waals surface area contributed by atoms with Crippen LogP contribution in [-0.4, -0.2) is 36.3 Å². The predicted octanol–water partition coefficient (Wildman–Crippen LogP) is 2.95. The second kappa shape index (κ2) is 7.40. The highest BCUT2D eigenvalue weighted by Crippen LogP contribution is 2.25. The molecule has 1 amide bonds. The van der Waals surface area contributed by atoms with Crippen LogP contribution in [-0.2, 0) is 17.1 Å². The van der Waals surface area contributed by atoms with E-state index in [-0.39, 0.29) is 15.7 Å². The number of nitrogens with zero attached hydrogens (tertiary/aromatic N) is 2. The van der Waals surface area contributed by atoms with Gasteiger partial charge in [0.15, 0.2) is 0 Å². The molecule has 3 aromatic rings. The fourth-order valence-electron chi connectivity index (χ4n) is 3.49. The number of anilines is 1. The number of amides is 1. The number of carbonyl (C=O) groups is 1. The second-order valence-electron chi connectivity index (χ2n) is 7.15. The van der Waals surface area contributed by atoms with Crippen molar-refractivity contribution in [2.24, 2.45) is 7.05 Å². The Kier molecular flexibility index (Phi) is 5.05. The van der Waals surface area contributed by atoms with E-state index >= 15 is 0 Å². The number of nitrogens with one attached hydrogen (secondary N) is 1. The Labute approximate surface area is 172 Å². The van der Waals surface area contributed by atoms with Gasteiger partial charge in [0.1, 0.15) is 0 Å². The van der Waals surface area contributed by atoms with Crippen molar-refractivity contribution in [3.63, 3.8) is 0 Å². The molecule has 7 nitrogen and oxygen atoms in total. The van der Waals surface area contributed by atoms with Gasteiger partial charge in [0.05, 0.1) is 15.1 Å². The van der Waals surface area contributed by atoms with Crippen molar-refractivity contribution in [3.8, 4) is 0 Å². The Morgan fingerprint density at radius 1 is 1.10 bits per heavy atom. The van der Waals surface area contributed by atoms with E-state index in [2.05, 4.69) is 5.32 Å². The van der Waals surface area contributed by atoms with Crippen LogP contribution < -0.4 is 10.2 Å². The Morgan fingerprint density at radius 3 is 2.55 bits per heavy atom. The summed E-state index contributed by atoms with van der Waals surface area (Å²) >= 11 is 1.11. The molecule has 1 aliphatic rings. The number of sulfonamides is 1. The molecule has 0 bridgehead atoms. The number of aryl methyl sites for hydroxylation is 2. The van der Waals surface area contributed by atoms with Crippen molar-refractivity contribution in [1.29, 1.82) is 0 Å². The average Bonchev–Trinajstić information content (AvgIpc) is 3.31. The van der Waals surface area contributed by atoms with E-state index < -0.39 is 10.0 Å². The standard InChI is InChI=1S/C20H21N3O4S2/c1-13-5-7-15(29(26,27)23-9-3-4-10-23)12-16(13)19(24)21-14-6-8-17-18(11-14)28-20(25)22(17)2/h5-8,11-12H,3-4,9-10H2,1-2H3,(H,21,24). The Bertz CT molecular complexity index is 1270. The molecule has 0 radical (unpaired) electrons. The molecular weight excluding hydrogens is 410 g/mol. The van der Waals surface area contributed by atoms with Gasteiger partial charge in [-0.15, -0.1) is 0 Å². The molecule has 0 aliphatic carbocycles. The maximum atomic E-state index is 12.9. The van der Waals surface area contributed by atoms with E-state index in [1.165, 1.54) is 10.4 Å². The highest BCUT2D eigenvalue weighted by atomic mass is 32.2. The van der Waals surface area contributed by atoms with Gasteiger partial charge < -0.3 is 9.88 Å². The van der Waals surface area contributed by atoms with Gasteiger partial charge in [0.2, 0.25) is 10.0 Å². The van der Waals surface area contributed by atoms with Gasteiger partial charge in [0.25, 0.3) is 5.91 Å². The molecule has 0 unspecified atom stereocenters.